The van der Waals surface area contributed by atoms with Crippen molar-refractivity contribution >= 4 is 17.4 Å². The molecule has 2 unspecified atom stereocenters. The Morgan fingerprint density at radius 2 is 1.47 bits per heavy atom. The van der Waals surface area contributed by atoms with Crippen molar-refractivity contribution in [3.63, 3.8) is 0 Å². The highest BCUT2D eigenvalue weighted by molar-refractivity contribution is 5.99. The first-order valence-electron chi connectivity index (χ1n) is 10.6. The lowest BCUT2D eigenvalue weighted by Crippen LogP contribution is -2.53. The number of para-hydroxylation sites is 2. The number of rotatable bonds is 4. The van der Waals surface area contributed by atoms with Crippen molar-refractivity contribution < 1.29 is 9.53 Å². The number of hydrogen-bond donors (Lipinski definition) is 0. The predicted octanol–water partition coefficient (Wildman–Crippen LogP) is 5.41. The fourth-order valence-corrected chi connectivity index (χ4v) is 4.78. The van der Waals surface area contributed by atoms with E-state index in [1.807, 2.05) is 77.7 Å². The molecular weight excluding hydrogens is 374 g/mol. The summed E-state index contributed by atoms with van der Waals surface area (Å²) in [5.74, 6) is 0.803. The number of carbonyl (C=O) groups is 1. The number of piperidine rings is 1. The Bertz CT molecular complexity index is 928. The Morgan fingerprint density at radius 3 is 2.00 bits per heavy atom. The first-order chi connectivity index (χ1) is 14.8. The van der Waals surface area contributed by atoms with E-state index in [-0.39, 0.29) is 24.2 Å². The van der Waals surface area contributed by atoms with Crippen molar-refractivity contribution in [2.45, 2.75) is 43.9 Å². The van der Waals surface area contributed by atoms with E-state index in [1.54, 1.807) is 12.4 Å². The highest BCUT2D eigenvalue weighted by Gasteiger charge is 2.45. The summed E-state index contributed by atoms with van der Waals surface area (Å²) in [6.45, 7) is 0. The lowest BCUT2D eigenvalue weighted by atomic mass is 10.00. The molecule has 0 aliphatic carbocycles. The topological polar surface area (TPSA) is 45.7 Å². The first kappa shape index (κ1) is 18.7. The van der Waals surface area contributed by atoms with Crippen LogP contribution in [0.2, 0.25) is 0 Å². The number of anilines is 2. The normalized spacial score (nSPS) is 22.5. The van der Waals surface area contributed by atoms with Gasteiger partial charge in [0.25, 0.3) is 0 Å². The SMILES string of the molecule is O=C(N(c1ccccc1)c1ccccc1)N1C2CCC1CC(Oc1cccnc1)C2. The number of amides is 2. The number of benzene rings is 2. The molecule has 5 rings (SSSR count). The Morgan fingerprint density at radius 1 is 0.867 bits per heavy atom. The van der Waals surface area contributed by atoms with Crippen molar-refractivity contribution in [2.24, 2.45) is 0 Å². The van der Waals surface area contributed by atoms with Crippen molar-refractivity contribution in [3.05, 3.63) is 85.2 Å². The summed E-state index contributed by atoms with van der Waals surface area (Å²) in [4.78, 5) is 21.9. The predicted molar refractivity (Wildman–Crippen MR) is 117 cm³/mol. The van der Waals surface area contributed by atoms with Gasteiger partial charge in [-0.25, -0.2) is 4.79 Å². The lowest BCUT2D eigenvalue weighted by Gasteiger charge is -2.41. The molecule has 2 amide bonds. The first-order valence-corrected chi connectivity index (χ1v) is 10.6. The van der Waals surface area contributed by atoms with Gasteiger partial charge in [-0.3, -0.25) is 9.88 Å². The number of fused-ring (bicyclic) bond motifs is 2. The lowest BCUT2D eigenvalue weighted by molar-refractivity contribution is 0.0715. The minimum absolute atomic E-state index is 0.0553. The standard InChI is InChI=1S/C25H25N3O2/c29-25(27(19-8-3-1-4-9-19)20-10-5-2-6-11-20)28-21-13-14-22(28)17-24(16-21)30-23-12-7-15-26-18-23/h1-12,15,18,21-22,24H,13-14,16-17H2. The number of hydrogen-bond acceptors (Lipinski definition) is 3. The van der Waals surface area contributed by atoms with E-state index in [0.717, 1.165) is 42.8 Å². The molecule has 2 aliphatic heterocycles. The van der Waals surface area contributed by atoms with Crippen LogP contribution in [-0.2, 0) is 0 Å². The Labute approximate surface area is 176 Å². The number of carbonyl (C=O) groups excluding carboxylic acids is 1. The van der Waals surface area contributed by atoms with Gasteiger partial charge in [0.1, 0.15) is 11.9 Å². The minimum atomic E-state index is 0.0553. The van der Waals surface area contributed by atoms with Crippen LogP contribution in [0.4, 0.5) is 16.2 Å². The van der Waals surface area contributed by atoms with Gasteiger partial charge in [-0.05, 0) is 49.2 Å². The molecule has 2 aliphatic rings. The van der Waals surface area contributed by atoms with Crippen LogP contribution in [-0.4, -0.2) is 34.1 Å². The molecule has 2 bridgehead atoms. The second-order valence-corrected chi connectivity index (χ2v) is 7.98. The third-order valence-electron chi connectivity index (χ3n) is 6.07. The van der Waals surface area contributed by atoms with Crippen LogP contribution in [0.3, 0.4) is 0 Å². The van der Waals surface area contributed by atoms with E-state index in [0.29, 0.717) is 0 Å². The van der Waals surface area contributed by atoms with Crippen molar-refractivity contribution in [3.8, 4) is 5.75 Å². The summed E-state index contributed by atoms with van der Waals surface area (Å²) in [5, 5.41) is 0. The van der Waals surface area contributed by atoms with Gasteiger partial charge >= 0.3 is 6.03 Å². The highest BCUT2D eigenvalue weighted by atomic mass is 16.5. The molecule has 2 atom stereocenters. The van der Waals surface area contributed by atoms with Crippen molar-refractivity contribution in [1.29, 1.82) is 0 Å². The molecule has 152 valence electrons. The summed E-state index contributed by atoms with van der Waals surface area (Å²) >= 11 is 0. The van der Waals surface area contributed by atoms with Crippen molar-refractivity contribution in [2.75, 3.05) is 4.90 Å². The maximum Gasteiger partial charge on any atom is 0.329 e. The number of aromatic nitrogens is 1. The zero-order chi connectivity index (χ0) is 20.3. The fraction of sp³-hybridized carbons (Fsp3) is 0.280. The summed E-state index contributed by atoms with van der Waals surface area (Å²) in [6.07, 6.45) is 7.40. The Kier molecular flexibility index (Phi) is 5.10. The number of nitrogens with zero attached hydrogens (tertiary/aromatic N) is 3. The van der Waals surface area contributed by atoms with Crippen LogP contribution in [0.25, 0.3) is 0 Å². The molecule has 3 heterocycles. The second-order valence-electron chi connectivity index (χ2n) is 7.98. The molecule has 2 saturated heterocycles. The van der Waals surface area contributed by atoms with Gasteiger partial charge in [-0.1, -0.05) is 36.4 Å². The molecule has 3 aromatic rings. The largest absolute Gasteiger partial charge is 0.489 e. The van der Waals surface area contributed by atoms with E-state index >= 15 is 0 Å². The van der Waals surface area contributed by atoms with Crippen LogP contribution in [0, 0.1) is 0 Å². The monoisotopic (exact) mass is 399 g/mol. The summed E-state index contributed by atoms with van der Waals surface area (Å²) in [6, 6.07) is 24.1. The second kappa shape index (κ2) is 8.19. The van der Waals surface area contributed by atoms with Gasteiger partial charge in [-0.15, -0.1) is 0 Å². The molecule has 0 saturated carbocycles. The van der Waals surface area contributed by atoms with Gasteiger partial charge in [0.15, 0.2) is 0 Å². The highest BCUT2D eigenvalue weighted by Crippen LogP contribution is 2.39. The molecule has 2 fully saturated rings. The zero-order valence-corrected chi connectivity index (χ0v) is 16.8. The van der Waals surface area contributed by atoms with Crippen LogP contribution in [0.1, 0.15) is 25.7 Å². The average molecular weight is 399 g/mol. The molecule has 2 aromatic carbocycles. The molecule has 0 radical (unpaired) electrons. The maximum absolute atomic E-state index is 13.8. The van der Waals surface area contributed by atoms with Gasteiger partial charge in [0, 0.05) is 31.1 Å². The number of urea groups is 1. The fourth-order valence-electron chi connectivity index (χ4n) is 4.78. The van der Waals surface area contributed by atoms with Gasteiger partial charge in [0.2, 0.25) is 0 Å². The van der Waals surface area contributed by atoms with E-state index in [2.05, 4.69) is 9.88 Å². The zero-order valence-electron chi connectivity index (χ0n) is 16.8. The van der Waals surface area contributed by atoms with E-state index in [4.69, 9.17) is 4.74 Å². The van der Waals surface area contributed by atoms with E-state index in [9.17, 15) is 4.79 Å². The average Bonchev–Trinajstić information content (AvgIpc) is 3.06. The molecule has 5 heteroatoms. The van der Waals surface area contributed by atoms with E-state index in [1.165, 1.54) is 0 Å². The molecule has 1 aromatic heterocycles. The molecule has 0 N–H and O–H groups in total. The Hall–Kier alpha value is -3.34. The third kappa shape index (κ3) is 3.63. The summed E-state index contributed by atoms with van der Waals surface area (Å²) in [5.41, 5.74) is 1.78. The minimum Gasteiger partial charge on any atom is -0.489 e. The van der Waals surface area contributed by atoms with Crippen molar-refractivity contribution in [1.82, 2.24) is 9.88 Å². The molecule has 30 heavy (non-hydrogen) atoms. The number of ether oxygens (including phenoxy) is 1. The summed E-state index contributed by atoms with van der Waals surface area (Å²) < 4.78 is 6.18. The van der Waals surface area contributed by atoms with Gasteiger partial charge < -0.3 is 9.64 Å². The van der Waals surface area contributed by atoms with Crippen LogP contribution >= 0.6 is 0 Å². The molecule has 0 spiro atoms. The molecule has 5 nitrogen and oxygen atoms in total. The van der Waals surface area contributed by atoms with Gasteiger partial charge in [-0.2, -0.15) is 0 Å². The van der Waals surface area contributed by atoms with Crippen LogP contribution < -0.4 is 9.64 Å². The van der Waals surface area contributed by atoms with Gasteiger partial charge in [0.05, 0.1) is 17.6 Å². The Balaban J connectivity index is 1.39. The van der Waals surface area contributed by atoms with Crippen LogP contribution in [0.5, 0.6) is 5.75 Å². The van der Waals surface area contributed by atoms with E-state index < -0.39 is 0 Å². The third-order valence-corrected chi connectivity index (χ3v) is 6.07. The number of pyridine rings is 1. The smallest absolute Gasteiger partial charge is 0.329 e. The summed E-state index contributed by atoms with van der Waals surface area (Å²) in [7, 11) is 0. The maximum atomic E-state index is 13.8. The molecular formula is C25H25N3O2. The quantitative estimate of drug-likeness (QED) is 0.589. The van der Waals surface area contributed by atoms with Crippen LogP contribution in [0.15, 0.2) is 85.2 Å².